The third-order valence-electron chi connectivity index (χ3n) is 0.847. The highest BCUT2D eigenvalue weighted by molar-refractivity contribution is 9.11. The average Bonchev–Trinajstić information content (AvgIpc) is 2.08. The summed E-state index contributed by atoms with van der Waals surface area (Å²) in [6.07, 6.45) is 0. The Hall–Kier alpha value is 0.540. The highest BCUT2D eigenvalue weighted by Gasteiger charge is 2.19. The normalized spacial score (nSPS) is 11.9. The fraction of sp³-hybridized carbons (Fsp3) is 0. The van der Waals surface area contributed by atoms with Crippen LogP contribution in [0.25, 0.3) is 0 Å². The lowest BCUT2D eigenvalue weighted by Gasteiger charge is -1.86. The van der Waals surface area contributed by atoms with Crippen molar-refractivity contribution in [2.75, 3.05) is 0 Å². The Morgan fingerprint density at radius 2 is 2.00 bits per heavy atom. The van der Waals surface area contributed by atoms with E-state index in [1.165, 1.54) is 6.07 Å². The Bertz CT molecular complexity index is 369. The Balaban J connectivity index is 3.36. The van der Waals surface area contributed by atoms with Crippen LogP contribution in [0.15, 0.2) is 18.5 Å². The lowest BCUT2D eigenvalue weighted by atomic mass is 10.7. The van der Waals surface area contributed by atoms with E-state index in [-0.39, 0.29) is 8.68 Å². The van der Waals surface area contributed by atoms with Gasteiger partial charge in [0.2, 0.25) is 0 Å². The molecule has 1 aromatic rings. The SMILES string of the molecule is O=S(=O)(F)c1sc(Br)cc1Br. The van der Waals surface area contributed by atoms with Crippen molar-refractivity contribution in [2.45, 2.75) is 4.21 Å². The van der Waals surface area contributed by atoms with Crippen LogP contribution in [0.2, 0.25) is 0 Å². The highest BCUT2D eigenvalue weighted by Crippen LogP contribution is 2.35. The molecule has 11 heavy (non-hydrogen) atoms. The quantitative estimate of drug-likeness (QED) is 0.745. The Kier molecular flexibility index (Phi) is 2.73. The fourth-order valence-corrected chi connectivity index (χ4v) is 4.51. The van der Waals surface area contributed by atoms with Crippen molar-refractivity contribution in [1.29, 1.82) is 0 Å². The minimum Gasteiger partial charge on any atom is -0.188 e. The zero-order valence-corrected chi connectivity index (χ0v) is 9.65. The lowest BCUT2D eigenvalue weighted by Crippen LogP contribution is -1.86. The van der Waals surface area contributed by atoms with Gasteiger partial charge in [0.15, 0.2) is 4.21 Å². The largest absolute Gasteiger partial charge is 0.342 e. The van der Waals surface area contributed by atoms with Gasteiger partial charge in [0.25, 0.3) is 0 Å². The second kappa shape index (κ2) is 3.12. The molecule has 0 radical (unpaired) electrons. The van der Waals surface area contributed by atoms with Crippen molar-refractivity contribution in [2.24, 2.45) is 0 Å². The van der Waals surface area contributed by atoms with E-state index < -0.39 is 10.2 Å². The molecule has 0 N–H and O–H groups in total. The summed E-state index contributed by atoms with van der Waals surface area (Å²) >= 11 is 6.78. The second-order valence-corrected chi connectivity index (χ2v) is 6.45. The Morgan fingerprint density at radius 1 is 1.45 bits per heavy atom. The molecule has 1 heterocycles. The molecule has 0 fully saturated rings. The van der Waals surface area contributed by atoms with E-state index in [0.717, 1.165) is 11.3 Å². The third-order valence-corrected chi connectivity index (χ3v) is 4.94. The van der Waals surface area contributed by atoms with Crippen LogP contribution in [0.1, 0.15) is 0 Å². The van der Waals surface area contributed by atoms with E-state index in [1.54, 1.807) is 0 Å². The minimum absolute atomic E-state index is 0.247. The van der Waals surface area contributed by atoms with Crippen LogP contribution < -0.4 is 0 Å². The molecule has 0 saturated heterocycles. The van der Waals surface area contributed by atoms with E-state index in [0.29, 0.717) is 3.79 Å². The molecule has 62 valence electrons. The first kappa shape index (κ1) is 9.63. The zero-order valence-electron chi connectivity index (χ0n) is 4.84. The molecule has 0 aliphatic rings. The van der Waals surface area contributed by atoms with Crippen LogP contribution in [-0.4, -0.2) is 8.42 Å². The van der Waals surface area contributed by atoms with Crippen molar-refractivity contribution in [3.8, 4) is 0 Å². The molecule has 7 heteroatoms. The molecule has 1 rings (SSSR count). The van der Waals surface area contributed by atoms with Gasteiger partial charge in [-0.1, -0.05) is 3.89 Å². The van der Waals surface area contributed by atoms with E-state index >= 15 is 0 Å². The monoisotopic (exact) mass is 322 g/mol. The lowest BCUT2D eigenvalue weighted by molar-refractivity contribution is 0.554. The van der Waals surface area contributed by atoms with Crippen LogP contribution in [0.3, 0.4) is 0 Å². The third kappa shape index (κ3) is 2.24. The maximum absolute atomic E-state index is 12.3. The molecule has 0 saturated carbocycles. The summed E-state index contributed by atoms with van der Waals surface area (Å²) in [5, 5.41) is 0. The van der Waals surface area contributed by atoms with Crippen molar-refractivity contribution in [1.82, 2.24) is 0 Å². The number of halogens is 3. The average molecular weight is 324 g/mol. The molecular weight excluding hydrogens is 323 g/mol. The van der Waals surface area contributed by atoms with Gasteiger partial charge < -0.3 is 0 Å². The van der Waals surface area contributed by atoms with Crippen LogP contribution in [0.4, 0.5) is 3.89 Å². The van der Waals surface area contributed by atoms with Crippen LogP contribution in [0, 0.1) is 0 Å². The molecule has 1 aromatic heterocycles. The van der Waals surface area contributed by atoms with E-state index in [4.69, 9.17) is 0 Å². The van der Waals surface area contributed by atoms with Crippen molar-refractivity contribution in [3.05, 3.63) is 14.3 Å². The van der Waals surface area contributed by atoms with E-state index in [2.05, 4.69) is 31.9 Å². The predicted molar refractivity (Wildman–Crippen MR) is 48.0 cm³/mol. The summed E-state index contributed by atoms with van der Waals surface area (Å²) in [6, 6.07) is 1.48. The van der Waals surface area contributed by atoms with Crippen molar-refractivity contribution >= 4 is 53.4 Å². The van der Waals surface area contributed by atoms with Crippen LogP contribution >= 0.6 is 43.2 Å². The summed E-state index contributed by atoms with van der Waals surface area (Å²) in [5.74, 6) is 0. The summed E-state index contributed by atoms with van der Waals surface area (Å²) in [6.45, 7) is 0. The molecule has 0 aliphatic carbocycles. The van der Waals surface area contributed by atoms with Gasteiger partial charge in [-0.15, -0.1) is 11.3 Å². The highest BCUT2D eigenvalue weighted by atomic mass is 79.9. The van der Waals surface area contributed by atoms with Gasteiger partial charge in [0.1, 0.15) is 0 Å². The maximum Gasteiger partial charge on any atom is 0.342 e. The van der Waals surface area contributed by atoms with Crippen molar-refractivity contribution in [3.63, 3.8) is 0 Å². The van der Waals surface area contributed by atoms with Gasteiger partial charge in [-0.05, 0) is 37.9 Å². The van der Waals surface area contributed by atoms with E-state index in [9.17, 15) is 12.3 Å². The summed E-state index contributed by atoms with van der Waals surface area (Å²) in [7, 11) is -4.57. The zero-order chi connectivity index (χ0) is 8.65. The number of rotatable bonds is 1. The number of hydrogen-bond donors (Lipinski definition) is 0. The summed E-state index contributed by atoms with van der Waals surface area (Å²) < 4.78 is 33.6. The molecule has 0 unspecified atom stereocenters. The number of thiophene rings is 1. The first-order chi connectivity index (χ1) is 4.91. The second-order valence-electron chi connectivity index (χ2n) is 1.62. The first-order valence-electron chi connectivity index (χ1n) is 2.31. The van der Waals surface area contributed by atoms with Crippen LogP contribution in [-0.2, 0) is 10.2 Å². The molecule has 0 spiro atoms. The molecule has 0 bridgehead atoms. The van der Waals surface area contributed by atoms with Gasteiger partial charge in [0.05, 0.1) is 8.26 Å². The molecule has 0 atom stereocenters. The van der Waals surface area contributed by atoms with Gasteiger partial charge in [0, 0.05) is 0 Å². The van der Waals surface area contributed by atoms with Gasteiger partial charge >= 0.3 is 10.2 Å². The molecule has 0 aliphatic heterocycles. The van der Waals surface area contributed by atoms with E-state index in [1.807, 2.05) is 0 Å². The standard InChI is InChI=1S/C4HBr2FO2S2/c5-2-1-3(6)10-4(2)11(7,8)9/h1H. The molecule has 0 amide bonds. The van der Waals surface area contributed by atoms with Gasteiger partial charge in [-0.2, -0.15) is 8.42 Å². The Labute approximate surface area is 83.9 Å². The summed E-state index contributed by atoms with van der Waals surface area (Å²) in [5.41, 5.74) is 0. The minimum atomic E-state index is -4.57. The first-order valence-corrected chi connectivity index (χ1v) is 6.09. The maximum atomic E-state index is 12.3. The van der Waals surface area contributed by atoms with Crippen LogP contribution in [0.5, 0.6) is 0 Å². The van der Waals surface area contributed by atoms with Crippen molar-refractivity contribution < 1.29 is 12.3 Å². The predicted octanol–water partition coefficient (Wildman–Crippen LogP) is 2.93. The molecular formula is C4HBr2FO2S2. The summed E-state index contributed by atoms with van der Waals surface area (Å²) in [4.78, 5) is 0. The smallest absolute Gasteiger partial charge is 0.188 e. The van der Waals surface area contributed by atoms with Gasteiger partial charge in [-0.25, -0.2) is 0 Å². The fourth-order valence-electron chi connectivity index (χ4n) is 0.492. The molecule has 0 aromatic carbocycles. The molecule has 2 nitrogen and oxygen atoms in total. The topological polar surface area (TPSA) is 34.1 Å². The Morgan fingerprint density at radius 3 is 2.18 bits per heavy atom. The number of hydrogen-bond acceptors (Lipinski definition) is 3. The van der Waals surface area contributed by atoms with Gasteiger partial charge in [-0.3, -0.25) is 0 Å².